The van der Waals surface area contributed by atoms with Crippen molar-refractivity contribution < 1.29 is 9.59 Å². The van der Waals surface area contributed by atoms with Crippen LogP contribution >= 0.6 is 11.8 Å². The summed E-state index contributed by atoms with van der Waals surface area (Å²) in [6.45, 7) is 0. The highest BCUT2D eigenvalue weighted by Gasteiger charge is 2.48. The van der Waals surface area contributed by atoms with Crippen LogP contribution in [-0.2, 0) is 9.59 Å². The van der Waals surface area contributed by atoms with Crippen LogP contribution in [0.2, 0.25) is 0 Å². The number of likely N-dealkylation sites (N-methyl/N-ethyl adjacent to an activating group) is 1. The van der Waals surface area contributed by atoms with Crippen LogP contribution in [0.15, 0.2) is 0 Å². The Kier molecular flexibility index (Phi) is 4.17. The Morgan fingerprint density at radius 1 is 1.33 bits per heavy atom. The van der Waals surface area contributed by atoms with E-state index in [0.717, 1.165) is 25.7 Å². The molecule has 18 heavy (non-hydrogen) atoms. The summed E-state index contributed by atoms with van der Waals surface area (Å²) in [6.07, 6.45) is 4.28. The minimum absolute atomic E-state index is 0.0628. The van der Waals surface area contributed by atoms with E-state index < -0.39 is 5.54 Å². The molecule has 1 unspecified atom stereocenters. The first-order valence-electron chi connectivity index (χ1n) is 6.44. The first-order chi connectivity index (χ1) is 8.58. The molecular formula is C12H21N3O2S. The van der Waals surface area contributed by atoms with Gasteiger partial charge in [0.2, 0.25) is 11.8 Å². The maximum absolute atomic E-state index is 11.6. The zero-order chi connectivity index (χ0) is 13.2. The van der Waals surface area contributed by atoms with Crippen LogP contribution in [0.3, 0.4) is 0 Å². The molecule has 0 heterocycles. The molecule has 2 fully saturated rings. The molecule has 1 atom stereocenters. The first kappa shape index (κ1) is 13.7. The van der Waals surface area contributed by atoms with Crippen molar-refractivity contribution in [3.8, 4) is 0 Å². The van der Waals surface area contributed by atoms with Crippen molar-refractivity contribution in [1.82, 2.24) is 10.6 Å². The molecule has 4 N–H and O–H groups in total. The Labute approximate surface area is 112 Å². The van der Waals surface area contributed by atoms with Crippen LogP contribution < -0.4 is 16.4 Å². The van der Waals surface area contributed by atoms with Gasteiger partial charge in [-0.05, 0) is 38.6 Å². The summed E-state index contributed by atoms with van der Waals surface area (Å²) in [5.74, 6) is 1.07. The van der Waals surface area contributed by atoms with Gasteiger partial charge in [0.05, 0.1) is 5.75 Å². The van der Waals surface area contributed by atoms with E-state index >= 15 is 0 Å². The van der Waals surface area contributed by atoms with Crippen LogP contribution in [0.25, 0.3) is 0 Å². The van der Waals surface area contributed by atoms with E-state index in [1.165, 1.54) is 11.8 Å². The van der Waals surface area contributed by atoms with E-state index in [1.54, 1.807) is 7.05 Å². The summed E-state index contributed by atoms with van der Waals surface area (Å²) in [7, 11) is 1.77. The van der Waals surface area contributed by atoms with Crippen molar-refractivity contribution in [3.63, 3.8) is 0 Å². The third-order valence-corrected chi connectivity index (χ3v) is 4.79. The minimum atomic E-state index is -0.634. The molecule has 2 saturated carbocycles. The smallest absolute Gasteiger partial charge is 0.238 e. The van der Waals surface area contributed by atoms with E-state index in [1.807, 2.05) is 0 Å². The standard InChI is InChI=1S/C12H21N3O2S/c1-14-12(11(13)17,8-2-3-8)7-18-6-10(16)15-9-4-5-9/h8-9,14H,2-7H2,1H3,(H2,13,17)(H,15,16). The zero-order valence-corrected chi connectivity index (χ0v) is 11.5. The maximum atomic E-state index is 11.6. The number of hydrogen-bond donors (Lipinski definition) is 3. The van der Waals surface area contributed by atoms with E-state index in [4.69, 9.17) is 5.73 Å². The van der Waals surface area contributed by atoms with Gasteiger partial charge >= 0.3 is 0 Å². The molecular weight excluding hydrogens is 250 g/mol. The van der Waals surface area contributed by atoms with Gasteiger partial charge < -0.3 is 16.4 Å². The molecule has 6 heteroatoms. The highest BCUT2D eigenvalue weighted by Crippen LogP contribution is 2.41. The third kappa shape index (κ3) is 3.17. The number of nitrogens with one attached hydrogen (secondary N) is 2. The molecule has 0 bridgehead atoms. The van der Waals surface area contributed by atoms with Gasteiger partial charge in [-0.1, -0.05) is 0 Å². The predicted octanol–water partition coefficient (Wildman–Crippen LogP) is -0.148. The van der Waals surface area contributed by atoms with Gasteiger partial charge in [0.1, 0.15) is 5.54 Å². The molecule has 0 aliphatic heterocycles. The SMILES string of the molecule is CNC(CSCC(=O)NC1CC1)(C(N)=O)C1CC1. The number of hydrogen-bond acceptors (Lipinski definition) is 4. The molecule has 0 saturated heterocycles. The van der Waals surface area contributed by atoms with Gasteiger partial charge in [0.25, 0.3) is 0 Å². The molecule has 2 aliphatic rings. The van der Waals surface area contributed by atoms with Gasteiger partial charge in [-0.3, -0.25) is 9.59 Å². The lowest BCUT2D eigenvalue weighted by Gasteiger charge is -2.29. The molecule has 0 radical (unpaired) electrons. The number of carbonyl (C=O) groups is 2. The number of rotatable bonds is 8. The molecule has 0 aromatic carbocycles. The van der Waals surface area contributed by atoms with Gasteiger partial charge in [0.15, 0.2) is 0 Å². The Balaban J connectivity index is 1.78. The summed E-state index contributed by atoms with van der Waals surface area (Å²) >= 11 is 1.48. The minimum Gasteiger partial charge on any atom is -0.368 e. The summed E-state index contributed by atoms with van der Waals surface area (Å²) in [5.41, 5.74) is 4.88. The number of amides is 2. The second-order valence-corrected chi connectivity index (χ2v) is 6.18. The first-order valence-corrected chi connectivity index (χ1v) is 7.60. The fourth-order valence-corrected chi connectivity index (χ4v) is 3.38. The van der Waals surface area contributed by atoms with Crippen molar-refractivity contribution in [2.24, 2.45) is 11.7 Å². The molecule has 2 rings (SSSR count). The Morgan fingerprint density at radius 3 is 2.44 bits per heavy atom. The predicted molar refractivity (Wildman–Crippen MR) is 72.2 cm³/mol. The summed E-state index contributed by atoms with van der Waals surface area (Å²) in [4.78, 5) is 23.2. The average Bonchev–Trinajstić information content (AvgIpc) is 3.15. The van der Waals surface area contributed by atoms with E-state index in [9.17, 15) is 9.59 Å². The van der Waals surface area contributed by atoms with Gasteiger partial charge in [0, 0.05) is 11.8 Å². The topological polar surface area (TPSA) is 84.2 Å². The number of carbonyl (C=O) groups excluding carboxylic acids is 2. The highest BCUT2D eigenvalue weighted by molar-refractivity contribution is 8.00. The van der Waals surface area contributed by atoms with Crippen LogP contribution in [0, 0.1) is 5.92 Å². The Bertz CT molecular complexity index is 342. The van der Waals surface area contributed by atoms with Gasteiger partial charge in [-0.15, -0.1) is 11.8 Å². The molecule has 102 valence electrons. The zero-order valence-electron chi connectivity index (χ0n) is 10.7. The maximum Gasteiger partial charge on any atom is 0.238 e. The van der Waals surface area contributed by atoms with E-state index in [0.29, 0.717) is 23.5 Å². The van der Waals surface area contributed by atoms with Crippen molar-refractivity contribution in [2.75, 3.05) is 18.6 Å². The monoisotopic (exact) mass is 271 g/mol. The fourth-order valence-electron chi connectivity index (χ4n) is 2.17. The molecule has 5 nitrogen and oxygen atoms in total. The third-order valence-electron chi connectivity index (χ3n) is 3.67. The lowest BCUT2D eigenvalue weighted by molar-refractivity contribution is -0.124. The van der Waals surface area contributed by atoms with Crippen molar-refractivity contribution in [2.45, 2.75) is 37.3 Å². The second kappa shape index (κ2) is 5.48. The number of primary amides is 1. The van der Waals surface area contributed by atoms with Crippen LogP contribution in [0.4, 0.5) is 0 Å². The van der Waals surface area contributed by atoms with Crippen LogP contribution in [0.5, 0.6) is 0 Å². The van der Waals surface area contributed by atoms with Crippen molar-refractivity contribution >= 4 is 23.6 Å². The van der Waals surface area contributed by atoms with Crippen LogP contribution in [0.1, 0.15) is 25.7 Å². The fraction of sp³-hybridized carbons (Fsp3) is 0.833. The van der Waals surface area contributed by atoms with Crippen LogP contribution in [-0.4, -0.2) is 41.9 Å². The lowest BCUT2D eigenvalue weighted by Crippen LogP contribution is -2.58. The largest absolute Gasteiger partial charge is 0.368 e. The summed E-state index contributed by atoms with van der Waals surface area (Å²) < 4.78 is 0. The summed E-state index contributed by atoms with van der Waals surface area (Å²) in [5, 5.41) is 6.01. The quantitative estimate of drug-likeness (QED) is 0.573. The molecule has 2 amide bonds. The second-order valence-electron chi connectivity index (χ2n) is 5.19. The lowest BCUT2D eigenvalue weighted by atomic mass is 9.95. The highest BCUT2D eigenvalue weighted by atomic mass is 32.2. The molecule has 0 aromatic heterocycles. The normalized spacial score (nSPS) is 22.3. The number of thioether (sulfide) groups is 1. The Morgan fingerprint density at radius 2 is 2.00 bits per heavy atom. The van der Waals surface area contributed by atoms with E-state index in [-0.39, 0.29) is 11.8 Å². The van der Waals surface area contributed by atoms with Gasteiger partial charge in [-0.2, -0.15) is 0 Å². The molecule has 0 aromatic rings. The number of nitrogens with two attached hydrogens (primary N) is 1. The average molecular weight is 271 g/mol. The van der Waals surface area contributed by atoms with Crippen molar-refractivity contribution in [1.29, 1.82) is 0 Å². The van der Waals surface area contributed by atoms with E-state index in [2.05, 4.69) is 10.6 Å². The summed E-state index contributed by atoms with van der Waals surface area (Å²) in [6, 6.07) is 0.395. The molecule has 0 spiro atoms. The molecule has 2 aliphatic carbocycles. The van der Waals surface area contributed by atoms with Crippen molar-refractivity contribution in [3.05, 3.63) is 0 Å². The Hall–Kier alpha value is -0.750. The van der Waals surface area contributed by atoms with Gasteiger partial charge in [-0.25, -0.2) is 0 Å².